The van der Waals surface area contributed by atoms with Gasteiger partial charge in [0.05, 0.1) is 37.1 Å². The normalized spacial score (nSPS) is 13.7. The average Bonchev–Trinajstić information content (AvgIpc) is 3.96. The molecule has 0 fully saturated rings. The van der Waals surface area contributed by atoms with Crippen molar-refractivity contribution in [1.82, 2.24) is 19.1 Å². The molecule has 0 saturated heterocycles. The van der Waals surface area contributed by atoms with Crippen molar-refractivity contribution in [1.29, 1.82) is 0 Å². The standard InChI is InChI=1S/C60H47N5O.Pt/c1-60(2,3)46-32-34-62-59(38-46)65-54-31-28-45(42-17-7-4-8-18-42)37-53(54)52-30-29-47(39-57(52)65)66-48-33-35-61-58(40-48)64-41-63(55-26-13-14-27-56(55)64)36-16-25-51-49(43-19-9-5-10-20-43)23-15-24-50(51)44-21-11-6-12-22-44;/h4-15,17-24,26-35,37-38H,16,25,36H2,1-3H3;/q-2;/i5D,6D,9D,10D,11D,12D,19D,20D,21D,22D;. The average molecular weight is 1060 g/mol. The number of benzene rings is 7. The van der Waals surface area contributed by atoms with Gasteiger partial charge in [-0.05, 0) is 92.1 Å². The predicted octanol–water partition coefficient (Wildman–Crippen LogP) is 13.9. The van der Waals surface area contributed by atoms with Gasteiger partial charge in [0.1, 0.15) is 5.82 Å². The fraction of sp³-hybridized carbons (Fsp3) is 0.117. The van der Waals surface area contributed by atoms with E-state index in [9.17, 15) is 0 Å². The summed E-state index contributed by atoms with van der Waals surface area (Å²) in [5, 5.41) is 2.04. The van der Waals surface area contributed by atoms with E-state index >= 15 is 0 Å². The minimum Gasteiger partial charge on any atom is -0.522 e. The van der Waals surface area contributed by atoms with Crippen molar-refractivity contribution >= 4 is 32.8 Å². The molecule has 0 aliphatic heterocycles. The third-order valence-electron chi connectivity index (χ3n) is 11.8. The van der Waals surface area contributed by atoms with Crippen molar-refractivity contribution in [2.45, 2.75) is 45.6 Å². The van der Waals surface area contributed by atoms with Crippen LogP contribution in [0.1, 0.15) is 52.0 Å². The SMILES string of the molecule is [2H]c1c([2H])c([2H])c(-c2cccc(-c3c([2H])c([2H])c([2H])c([2H])c3[2H])c2CCC[n+]2[c-]n(-c3[c-]c(Oc4[c-]c5c(cc4)c4cc(-c6ccccc6)ccc4n5-c4cc(C(C)(C)C)ccn4)ccn3)c3ccccc32)c([2H])c1[2H].[Pt]. The van der Waals surface area contributed by atoms with Gasteiger partial charge in [0.2, 0.25) is 6.33 Å². The summed E-state index contributed by atoms with van der Waals surface area (Å²) >= 11 is 0. The predicted molar refractivity (Wildman–Crippen MR) is 266 cm³/mol. The van der Waals surface area contributed by atoms with Crippen LogP contribution in [0.15, 0.2) is 194 Å². The second-order valence-corrected chi connectivity index (χ2v) is 17.0. The number of pyridine rings is 2. The molecule has 0 aliphatic rings. The molecule has 0 amide bonds. The summed E-state index contributed by atoms with van der Waals surface area (Å²) in [5.41, 5.74) is 7.60. The van der Waals surface area contributed by atoms with Gasteiger partial charge < -0.3 is 23.4 Å². The molecule has 0 spiro atoms. The molecule has 0 aliphatic carbocycles. The zero-order chi connectivity index (χ0) is 53.3. The van der Waals surface area contributed by atoms with Gasteiger partial charge in [-0.25, -0.2) is 4.98 Å². The van der Waals surface area contributed by atoms with E-state index in [1.807, 2.05) is 59.3 Å². The first-order chi connectivity index (χ1) is 36.5. The van der Waals surface area contributed by atoms with E-state index in [0.29, 0.717) is 47.0 Å². The van der Waals surface area contributed by atoms with Crippen molar-refractivity contribution in [2.75, 3.05) is 0 Å². The van der Waals surface area contributed by atoms with Gasteiger partial charge in [-0.2, -0.15) is 18.2 Å². The Hall–Kier alpha value is -7.40. The Bertz CT molecular complexity index is 3990. The maximum absolute atomic E-state index is 8.87. The molecule has 4 aromatic heterocycles. The molecule has 0 radical (unpaired) electrons. The van der Waals surface area contributed by atoms with Crippen LogP contribution in [0.3, 0.4) is 0 Å². The molecular formula is C60H47N5OPt-2. The Kier molecular flexibility index (Phi) is 9.13. The number of imidazole rings is 1. The van der Waals surface area contributed by atoms with Gasteiger partial charge in [-0.3, -0.25) is 0 Å². The number of para-hydroxylation sites is 2. The van der Waals surface area contributed by atoms with Crippen LogP contribution in [-0.2, 0) is 39.4 Å². The first kappa shape index (κ1) is 33.1. The van der Waals surface area contributed by atoms with Gasteiger partial charge in [0.25, 0.3) is 0 Å². The van der Waals surface area contributed by atoms with Crippen LogP contribution in [0, 0.1) is 18.5 Å². The molecule has 7 heteroatoms. The number of hydrogen-bond acceptors (Lipinski definition) is 3. The topological polar surface area (TPSA) is 48.8 Å². The second kappa shape index (κ2) is 18.5. The molecule has 11 rings (SSSR count). The van der Waals surface area contributed by atoms with Crippen LogP contribution in [0.25, 0.3) is 77.9 Å². The van der Waals surface area contributed by atoms with Crippen LogP contribution < -0.4 is 9.30 Å². The summed E-state index contributed by atoms with van der Waals surface area (Å²) in [6.45, 7) is 6.91. The third kappa shape index (κ3) is 8.62. The van der Waals surface area contributed by atoms with Crippen LogP contribution in [0.2, 0.25) is 0 Å². The number of ether oxygens (including phenoxy) is 1. The Morgan fingerprint density at radius 2 is 1.33 bits per heavy atom. The molecule has 0 atom stereocenters. The minimum absolute atomic E-state index is 0. The van der Waals surface area contributed by atoms with Crippen molar-refractivity contribution < 1.29 is 44.1 Å². The Morgan fingerprint density at radius 1 is 0.627 bits per heavy atom. The van der Waals surface area contributed by atoms with Crippen molar-refractivity contribution in [3.05, 3.63) is 224 Å². The first-order valence-corrected chi connectivity index (χ1v) is 21.8. The van der Waals surface area contributed by atoms with Crippen molar-refractivity contribution in [2.24, 2.45) is 0 Å². The van der Waals surface area contributed by atoms with Crippen LogP contribution >= 0.6 is 0 Å². The van der Waals surface area contributed by atoms with E-state index in [2.05, 4.69) is 92.3 Å². The number of rotatable bonds is 11. The number of aromatic nitrogens is 5. The molecular weight excluding hydrogens is 1000 g/mol. The molecule has 6 nitrogen and oxygen atoms in total. The summed E-state index contributed by atoms with van der Waals surface area (Å²) in [4.78, 5) is 9.57. The maximum atomic E-state index is 8.87. The molecule has 0 N–H and O–H groups in total. The monoisotopic (exact) mass is 1060 g/mol. The summed E-state index contributed by atoms with van der Waals surface area (Å²) < 4.78 is 98.2. The largest absolute Gasteiger partial charge is 0.522 e. The molecule has 67 heavy (non-hydrogen) atoms. The Morgan fingerprint density at radius 3 is 2.07 bits per heavy atom. The van der Waals surface area contributed by atoms with Crippen LogP contribution in [0.5, 0.6) is 11.5 Å². The minimum atomic E-state index is -0.539. The maximum Gasteiger partial charge on any atom is 0.244 e. The Balaban J connectivity index is 0.00000672. The molecule has 0 unspecified atom stereocenters. The molecule has 330 valence electrons. The fourth-order valence-corrected chi connectivity index (χ4v) is 8.64. The Labute approximate surface area is 420 Å². The van der Waals surface area contributed by atoms with E-state index < -0.39 is 60.4 Å². The number of nitrogens with zero attached hydrogens (tertiary/aromatic N) is 5. The summed E-state index contributed by atoms with van der Waals surface area (Å²) in [5.74, 6) is 2.03. The number of fused-ring (bicyclic) bond motifs is 4. The van der Waals surface area contributed by atoms with Gasteiger partial charge in [0.15, 0.2) is 0 Å². The van der Waals surface area contributed by atoms with Crippen LogP contribution in [-0.4, -0.2) is 19.1 Å². The quantitative estimate of drug-likeness (QED) is 0.0958. The second-order valence-electron chi connectivity index (χ2n) is 17.0. The van der Waals surface area contributed by atoms with Gasteiger partial charge >= 0.3 is 0 Å². The van der Waals surface area contributed by atoms with Crippen molar-refractivity contribution in [3.8, 4) is 56.5 Å². The fourth-order valence-electron chi connectivity index (χ4n) is 8.64. The smallest absolute Gasteiger partial charge is 0.244 e. The number of aryl methyl sites for hydroxylation is 1. The van der Waals surface area contributed by atoms with Gasteiger partial charge in [-0.15, -0.1) is 17.5 Å². The molecule has 4 heterocycles. The van der Waals surface area contributed by atoms with Crippen molar-refractivity contribution in [3.63, 3.8) is 0 Å². The molecule has 0 saturated carbocycles. The van der Waals surface area contributed by atoms with Gasteiger partial charge in [0, 0.05) is 38.5 Å². The molecule has 0 bridgehead atoms. The molecule has 11 aromatic rings. The van der Waals surface area contributed by atoms with Gasteiger partial charge in [-0.1, -0.05) is 178 Å². The summed E-state index contributed by atoms with van der Waals surface area (Å²) in [6, 6.07) is 41.4. The van der Waals surface area contributed by atoms with E-state index in [1.54, 1.807) is 35.0 Å². The van der Waals surface area contributed by atoms with E-state index in [-0.39, 0.29) is 44.0 Å². The zero-order valence-electron chi connectivity index (χ0n) is 46.8. The third-order valence-corrected chi connectivity index (χ3v) is 11.8. The number of hydrogen-bond donors (Lipinski definition) is 0. The zero-order valence-corrected chi connectivity index (χ0v) is 39.1. The van der Waals surface area contributed by atoms with Crippen LogP contribution in [0.4, 0.5) is 0 Å². The summed E-state index contributed by atoms with van der Waals surface area (Å²) in [6.07, 6.45) is 7.57. The molecule has 7 aromatic carbocycles. The van der Waals surface area contributed by atoms with E-state index in [0.717, 1.165) is 55.3 Å². The summed E-state index contributed by atoms with van der Waals surface area (Å²) in [7, 11) is 0. The van der Waals surface area contributed by atoms with E-state index in [1.165, 1.54) is 0 Å². The first-order valence-electron chi connectivity index (χ1n) is 26.8. The van der Waals surface area contributed by atoms with E-state index in [4.69, 9.17) is 28.4 Å².